The lowest BCUT2D eigenvalue weighted by Gasteiger charge is -2.19. The summed E-state index contributed by atoms with van der Waals surface area (Å²) in [6.07, 6.45) is 1.62. The zero-order valence-electron chi connectivity index (χ0n) is 18.6. The zero-order valence-corrected chi connectivity index (χ0v) is 19.5. The van der Waals surface area contributed by atoms with Gasteiger partial charge in [0.1, 0.15) is 5.76 Å². The number of aromatic nitrogens is 3. The Kier molecular flexibility index (Phi) is 6.29. The second kappa shape index (κ2) is 9.15. The molecular weight excluding hydrogens is 438 g/mol. The van der Waals surface area contributed by atoms with Crippen molar-refractivity contribution in [2.75, 3.05) is 5.75 Å². The van der Waals surface area contributed by atoms with Gasteiger partial charge >= 0.3 is 0 Å². The summed E-state index contributed by atoms with van der Waals surface area (Å²) >= 11 is 1.26. The van der Waals surface area contributed by atoms with Gasteiger partial charge in [0.05, 0.1) is 18.6 Å². The van der Waals surface area contributed by atoms with E-state index in [1.807, 2.05) is 28.8 Å². The van der Waals surface area contributed by atoms with Crippen LogP contribution in [0.5, 0.6) is 11.5 Å². The molecule has 2 aromatic heterocycles. The van der Waals surface area contributed by atoms with Crippen molar-refractivity contribution < 1.29 is 19.4 Å². The van der Waals surface area contributed by atoms with Crippen molar-refractivity contribution in [3.63, 3.8) is 0 Å². The van der Waals surface area contributed by atoms with E-state index in [0.717, 1.165) is 11.3 Å². The van der Waals surface area contributed by atoms with Crippen LogP contribution in [0, 0.1) is 0 Å². The molecule has 0 atom stereocenters. The molecule has 4 rings (SSSR count). The Morgan fingerprint density at radius 2 is 1.79 bits per heavy atom. The molecule has 0 aliphatic heterocycles. The van der Waals surface area contributed by atoms with Crippen molar-refractivity contribution in [3.05, 3.63) is 77.7 Å². The van der Waals surface area contributed by atoms with Crippen LogP contribution in [0.25, 0.3) is 11.4 Å². The molecule has 2 N–H and O–H groups in total. The molecule has 0 aliphatic rings. The van der Waals surface area contributed by atoms with Crippen molar-refractivity contribution in [3.8, 4) is 22.9 Å². The first-order valence-electron chi connectivity index (χ1n) is 10.5. The summed E-state index contributed by atoms with van der Waals surface area (Å²) in [5, 5.41) is 28.5. The zero-order chi connectivity index (χ0) is 23.6. The van der Waals surface area contributed by atoms with Gasteiger partial charge in [-0.15, -0.1) is 10.2 Å². The highest BCUT2D eigenvalue weighted by molar-refractivity contribution is 7.99. The summed E-state index contributed by atoms with van der Waals surface area (Å²) < 4.78 is 7.46. The maximum atomic E-state index is 12.6. The molecule has 170 valence electrons. The van der Waals surface area contributed by atoms with Gasteiger partial charge in [0.15, 0.2) is 28.3 Å². The van der Waals surface area contributed by atoms with Crippen LogP contribution in [0.15, 0.2) is 70.4 Å². The van der Waals surface area contributed by atoms with E-state index in [0.29, 0.717) is 23.1 Å². The van der Waals surface area contributed by atoms with Gasteiger partial charge in [0.25, 0.3) is 0 Å². The van der Waals surface area contributed by atoms with E-state index in [2.05, 4.69) is 43.1 Å². The van der Waals surface area contributed by atoms with E-state index in [4.69, 9.17) is 4.42 Å². The second-order valence-electron chi connectivity index (χ2n) is 8.71. The van der Waals surface area contributed by atoms with Gasteiger partial charge in [-0.25, -0.2) is 0 Å². The van der Waals surface area contributed by atoms with Gasteiger partial charge in [0, 0.05) is 11.1 Å². The fraction of sp³-hybridized carbons (Fsp3) is 0.240. The molecule has 8 heteroatoms. The highest BCUT2D eigenvalue weighted by atomic mass is 32.2. The number of phenolic OH excluding ortho intramolecular Hbond substituents is 2. The Bertz CT molecular complexity index is 1260. The fourth-order valence-electron chi connectivity index (χ4n) is 3.34. The largest absolute Gasteiger partial charge is 0.504 e. The molecular formula is C25H25N3O4S. The minimum absolute atomic E-state index is 0.0460. The normalized spacial score (nSPS) is 11.6. The lowest BCUT2D eigenvalue weighted by molar-refractivity contribution is 0.102. The van der Waals surface area contributed by atoms with Gasteiger partial charge in [-0.05, 0) is 41.3 Å². The molecule has 7 nitrogen and oxygen atoms in total. The van der Waals surface area contributed by atoms with Crippen molar-refractivity contribution in [1.82, 2.24) is 14.8 Å². The van der Waals surface area contributed by atoms with E-state index >= 15 is 0 Å². The molecule has 0 saturated carbocycles. The molecule has 0 aliphatic carbocycles. The topological polar surface area (TPSA) is 101 Å². The van der Waals surface area contributed by atoms with Crippen LogP contribution < -0.4 is 0 Å². The number of hydrogen-bond donors (Lipinski definition) is 2. The average molecular weight is 464 g/mol. The number of hydrogen-bond acceptors (Lipinski definition) is 7. The molecule has 0 radical (unpaired) electrons. The van der Waals surface area contributed by atoms with Crippen molar-refractivity contribution >= 4 is 17.5 Å². The van der Waals surface area contributed by atoms with E-state index in [9.17, 15) is 15.0 Å². The van der Waals surface area contributed by atoms with Gasteiger partial charge < -0.3 is 14.6 Å². The number of rotatable bonds is 7. The predicted molar refractivity (Wildman–Crippen MR) is 127 cm³/mol. The minimum Gasteiger partial charge on any atom is -0.504 e. The van der Waals surface area contributed by atoms with Gasteiger partial charge in [-0.1, -0.05) is 56.8 Å². The van der Waals surface area contributed by atoms with Crippen molar-refractivity contribution in [2.45, 2.75) is 37.9 Å². The summed E-state index contributed by atoms with van der Waals surface area (Å²) in [4.78, 5) is 12.6. The van der Waals surface area contributed by atoms with Crippen LogP contribution in [0.3, 0.4) is 0 Å². The monoisotopic (exact) mass is 463 g/mol. The molecule has 0 bridgehead atoms. The first-order chi connectivity index (χ1) is 15.7. The Hall–Kier alpha value is -3.52. The fourth-order valence-corrected chi connectivity index (χ4v) is 4.17. The molecule has 0 saturated heterocycles. The number of carbonyl (C=O) groups is 1. The molecule has 2 heterocycles. The van der Waals surface area contributed by atoms with E-state index in [1.54, 1.807) is 6.26 Å². The van der Waals surface area contributed by atoms with Crippen LogP contribution >= 0.6 is 11.8 Å². The lowest BCUT2D eigenvalue weighted by Crippen LogP contribution is -2.10. The van der Waals surface area contributed by atoms with E-state index < -0.39 is 0 Å². The lowest BCUT2D eigenvalue weighted by atomic mass is 9.87. The smallest absolute Gasteiger partial charge is 0.192 e. The Balaban J connectivity index is 1.60. The van der Waals surface area contributed by atoms with Gasteiger partial charge in [-0.3, -0.25) is 9.36 Å². The van der Waals surface area contributed by atoms with E-state index in [1.165, 1.54) is 35.5 Å². The number of nitrogens with zero attached hydrogens (tertiary/aromatic N) is 3. The van der Waals surface area contributed by atoms with Crippen LogP contribution in [-0.4, -0.2) is 36.5 Å². The number of aromatic hydroxyl groups is 2. The molecule has 0 spiro atoms. The summed E-state index contributed by atoms with van der Waals surface area (Å²) in [6, 6.07) is 16.0. The third kappa shape index (κ3) is 5.12. The summed E-state index contributed by atoms with van der Waals surface area (Å²) in [6.45, 7) is 6.93. The third-order valence-electron chi connectivity index (χ3n) is 5.25. The van der Waals surface area contributed by atoms with Gasteiger partial charge in [-0.2, -0.15) is 0 Å². The second-order valence-corrected chi connectivity index (χ2v) is 9.66. The molecule has 0 amide bonds. The molecule has 4 aromatic rings. The highest BCUT2D eigenvalue weighted by Crippen LogP contribution is 2.30. The van der Waals surface area contributed by atoms with Crippen LogP contribution in [-0.2, 0) is 12.0 Å². The number of benzene rings is 2. The van der Waals surface area contributed by atoms with Crippen LogP contribution in [0.4, 0.5) is 0 Å². The summed E-state index contributed by atoms with van der Waals surface area (Å²) in [7, 11) is 0. The number of Topliss-reactive ketones (excluding diaryl/α,β-unsaturated/α-hetero) is 1. The van der Waals surface area contributed by atoms with Crippen molar-refractivity contribution in [2.24, 2.45) is 0 Å². The standard InChI is InChI=1S/C25H25N3O4S/c1-25(2,3)18-9-6-16(7-10-18)23-26-27-24(28(23)14-19-5-4-12-32-19)33-15-22(31)17-8-11-20(29)21(30)13-17/h4-13,29-30H,14-15H2,1-3H3. The first-order valence-corrected chi connectivity index (χ1v) is 11.5. The summed E-state index contributed by atoms with van der Waals surface area (Å²) in [5.41, 5.74) is 2.50. The highest BCUT2D eigenvalue weighted by Gasteiger charge is 2.19. The quantitative estimate of drug-likeness (QED) is 0.219. The Labute approximate surface area is 196 Å². The van der Waals surface area contributed by atoms with Crippen LogP contribution in [0.1, 0.15) is 42.5 Å². The molecule has 33 heavy (non-hydrogen) atoms. The van der Waals surface area contributed by atoms with Crippen molar-refractivity contribution in [1.29, 1.82) is 0 Å². The molecule has 2 aromatic carbocycles. The predicted octanol–water partition coefficient (Wildman–Crippen LogP) is 5.27. The first kappa shape index (κ1) is 22.7. The maximum Gasteiger partial charge on any atom is 0.192 e. The third-order valence-corrected chi connectivity index (χ3v) is 6.22. The van der Waals surface area contributed by atoms with E-state index in [-0.39, 0.29) is 28.5 Å². The Morgan fingerprint density at radius 1 is 1.03 bits per heavy atom. The van der Waals surface area contributed by atoms with Gasteiger partial charge in [0.2, 0.25) is 0 Å². The SMILES string of the molecule is CC(C)(C)c1ccc(-c2nnc(SCC(=O)c3ccc(O)c(O)c3)n2Cc2ccco2)cc1. The average Bonchev–Trinajstić information content (AvgIpc) is 3.44. The minimum atomic E-state index is -0.326. The number of phenols is 2. The number of thioether (sulfide) groups is 1. The maximum absolute atomic E-state index is 12.6. The molecule has 0 unspecified atom stereocenters. The molecule has 0 fully saturated rings. The summed E-state index contributed by atoms with van der Waals surface area (Å²) in [5.74, 6) is 0.748. The number of carbonyl (C=O) groups excluding carboxylic acids is 1. The number of furan rings is 1. The number of ketones is 1. The van der Waals surface area contributed by atoms with Crippen LogP contribution in [0.2, 0.25) is 0 Å². The Morgan fingerprint density at radius 3 is 2.42 bits per heavy atom.